The predicted molar refractivity (Wildman–Crippen MR) is 79.7 cm³/mol. The van der Waals surface area contributed by atoms with Gasteiger partial charge >= 0.3 is 0 Å². The van der Waals surface area contributed by atoms with Crippen molar-refractivity contribution in [3.05, 3.63) is 42.0 Å². The highest BCUT2D eigenvalue weighted by Crippen LogP contribution is 2.28. The van der Waals surface area contributed by atoms with Crippen molar-refractivity contribution in [2.45, 2.75) is 13.0 Å². The zero-order valence-electron chi connectivity index (χ0n) is 11.6. The first-order chi connectivity index (χ1) is 9.81. The van der Waals surface area contributed by atoms with Gasteiger partial charge in [0, 0.05) is 37.2 Å². The third kappa shape index (κ3) is 1.88. The summed E-state index contributed by atoms with van der Waals surface area (Å²) < 4.78 is 0. The van der Waals surface area contributed by atoms with Crippen LogP contribution in [0.5, 0.6) is 0 Å². The normalized spacial score (nSPS) is 24.4. The minimum atomic E-state index is 0.660. The second-order valence-corrected chi connectivity index (χ2v) is 5.77. The summed E-state index contributed by atoms with van der Waals surface area (Å²) in [6, 6.07) is 13.1. The van der Waals surface area contributed by atoms with Crippen LogP contribution in [-0.4, -0.2) is 35.9 Å². The lowest BCUT2D eigenvalue weighted by atomic mass is 9.96. The lowest BCUT2D eigenvalue weighted by Gasteiger charge is -2.29. The predicted octanol–water partition coefficient (Wildman–Crippen LogP) is 1.86. The Labute approximate surface area is 118 Å². The monoisotopic (exact) mass is 266 g/mol. The molecule has 4 heteroatoms. The van der Waals surface area contributed by atoms with Gasteiger partial charge in [0.05, 0.1) is 5.69 Å². The molecule has 2 aromatic rings. The van der Waals surface area contributed by atoms with Crippen LogP contribution >= 0.6 is 0 Å². The molecule has 0 aliphatic carbocycles. The van der Waals surface area contributed by atoms with Gasteiger partial charge in [0.2, 0.25) is 0 Å². The molecule has 2 aliphatic heterocycles. The third-order valence-electron chi connectivity index (χ3n) is 4.48. The molecule has 0 spiro atoms. The SMILES string of the molecule is Cc1ccccc1-c1ccc(N2CC3CNC3C2)nn1. The molecule has 4 nitrogen and oxygen atoms in total. The summed E-state index contributed by atoms with van der Waals surface area (Å²) in [6.07, 6.45) is 0. The molecule has 2 aliphatic rings. The molecule has 2 atom stereocenters. The standard InChI is InChI=1S/C16H18N4/c1-11-4-2-3-5-13(11)14-6-7-16(19-18-14)20-9-12-8-17-15(12)10-20/h2-7,12,15,17H,8-10H2,1H3. The Balaban J connectivity index is 1.58. The number of aryl methyl sites for hydroxylation is 1. The molecular weight excluding hydrogens is 248 g/mol. The van der Waals surface area contributed by atoms with Crippen molar-refractivity contribution in [2.75, 3.05) is 24.5 Å². The summed E-state index contributed by atoms with van der Waals surface area (Å²) in [6.45, 7) is 5.42. The summed E-state index contributed by atoms with van der Waals surface area (Å²) in [4.78, 5) is 2.34. The van der Waals surface area contributed by atoms with Gasteiger partial charge in [-0.25, -0.2) is 0 Å². The second kappa shape index (κ2) is 4.56. The Morgan fingerprint density at radius 3 is 2.60 bits per heavy atom. The van der Waals surface area contributed by atoms with Gasteiger partial charge < -0.3 is 10.2 Å². The number of hydrogen-bond acceptors (Lipinski definition) is 4. The molecule has 1 N–H and O–H groups in total. The molecule has 0 radical (unpaired) electrons. The first-order valence-corrected chi connectivity index (χ1v) is 7.19. The molecule has 0 saturated carbocycles. The summed E-state index contributed by atoms with van der Waals surface area (Å²) >= 11 is 0. The number of anilines is 1. The van der Waals surface area contributed by atoms with Crippen molar-refractivity contribution in [1.82, 2.24) is 15.5 Å². The van der Waals surface area contributed by atoms with E-state index in [9.17, 15) is 0 Å². The van der Waals surface area contributed by atoms with Crippen LogP contribution in [0.4, 0.5) is 5.82 Å². The van der Waals surface area contributed by atoms with Crippen LogP contribution in [-0.2, 0) is 0 Å². The fourth-order valence-corrected chi connectivity index (χ4v) is 3.14. The fourth-order valence-electron chi connectivity index (χ4n) is 3.14. The molecule has 4 rings (SSSR count). The Hall–Kier alpha value is -1.94. The van der Waals surface area contributed by atoms with Gasteiger partial charge in [-0.1, -0.05) is 24.3 Å². The molecule has 1 aromatic carbocycles. The highest BCUT2D eigenvalue weighted by Gasteiger charge is 2.39. The fraction of sp³-hybridized carbons (Fsp3) is 0.375. The van der Waals surface area contributed by atoms with Crippen molar-refractivity contribution in [3.63, 3.8) is 0 Å². The van der Waals surface area contributed by atoms with Crippen LogP contribution in [0.1, 0.15) is 5.56 Å². The third-order valence-corrected chi connectivity index (χ3v) is 4.48. The molecule has 0 bridgehead atoms. The van der Waals surface area contributed by atoms with Gasteiger partial charge in [0.1, 0.15) is 0 Å². The van der Waals surface area contributed by atoms with Crippen LogP contribution in [0.25, 0.3) is 11.3 Å². The summed E-state index contributed by atoms with van der Waals surface area (Å²) in [7, 11) is 0. The van der Waals surface area contributed by atoms with Crippen molar-refractivity contribution in [2.24, 2.45) is 5.92 Å². The van der Waals surface area contributed by atoms with Gasteiger partial charge in [0.25, 0.3) is 0 Å². The van der Waals surface area contributed by atoms with E-state index in [0.29, 0.717) is 6.04 Å². The van der Waals surface area contributed by atoms with Gasteiger partial charge in [-0.15, -0.1) is 10.2 Å². The Morgan fingerprint density at radius 1 is 1.10 bits per heavy atom. The van der Waals surface area contributed by atoms with E-state index in [1.807, 2.05) is 12.1 Å². The maximum Gasteiger partial charge on any atom is 0.151 e. The lowest BCUT2D eigenvalue weighted by Crippen LogP contribution is -2.51. The number of fused-ring (bicyclic) bond motifs is 1. The van der Waals surface area contributed by atoms with Gasteiger partial charge in [-0.05, 0) is 24.6 Å². The largest absolute Gasteiger partial charge is 0.353 e. The van der Waals surface area contributed by atoms with Crippen LogP contribution in [0.2, 0.25) is 0 Å². The first kappa shape index (κ1) is 11.9. The lowest BCUT2D eigenvalue weighted by molar-refractivity contribution is 0.297. The molecule has 3 heterocycles. The summed E-state index contributed by atoms with van der Waals surface area (Å²) in [5.41, 5.74) is 3.35. The number of rotatable bonds is 2. The quantitative estimate of drug-likeness (QED) is 0.901. The Morgan fingerprint density at radius 2 is 2.00 bits per heavy atom. The van der Waals surface area contributed by atoms with E-state index >= 15 is 0 Å². The average molecular weight is 266 g/mol. The molecule has 2 saturated heterocycles. The van der Waals surface area contributed by atoms with E-state index in [1.165, 1.54) is 5.56 Å². The van der Waals surface area contributed by atoms with Crippen LogP contribution < -0.4 is 10.2 Å². The minimum Gasteiger partial charge on any atom is -0.353 e. The molecule has 1 aromatic heterocycles. The maximum atomic E-state index is 4.42. The van der Waals surface area contributed by atoms with Crippen LogP contribution in [0, 0.1) is 12.8 Å². The number of benzene rings is 1. The van der Waals surface area contributed by atoms with Crippen molar-refractivity contribution in [1.29, 1.82) is 0 Å². The molecule has 20 heavy (non-hydrogen) atoms. The van der Waals surface area contributed by atoms with E-state index in [0.717, 1.165) is 42.6 Å². The molecule has 2 fully saturated rings. The zero-order chi connectivity index (χ0) is 13.5. The van der Waals surface area contributed by atoms with Crippen molar-refractivity contribution < 1.29 is 0 Å². The van der Waals surface area contributed by atoms with E-state index in [4.69, 9.17) is 0 Å². The Kier molecular flexibility index (Phi) is 2.70. The zero-order valence-corrected chi connectivity index (χ0v) is 11.6. The van der Waals surface area contributed by atoms with Crippen LogP contribution in [0.15, 0.2) is 36.4 Å². The highest BCUT2D eigenvalue weighted by atomic mass is 15.3. The summed E-state index contributed by atoms with van der Waals surface area (Å²) in [5, 5.41) is 12.3. The van der Waals surface area contributed by atoms with E-state index < -0.39 is 0 Å². The van der Waals surface area contributed by atoms with Crippen molar-refractivity contribution in [3.8, 4) is 11.3 Å². The van der Waals surface area contributed by atoms with Gasteiger partial charge in [0.15, 0.2) is 5.82 Å². The number of nitrogens with zero attached hydrogens (tertiary/aromatic N) is 3. The topological polar surface area (TPSA) is 41.0 Å². The maximum absolute atomic E-state index is 4.42. The smallest absolute Gasteiger partial charge is 0.151 e. The number of nitrogens with one attached hydrogen (secondary N) is 1. The van der Waals surface area contributed by atoms with Gasteiger partial charge in [-0.2, -0.15) is 0 Å². The Bertz CT molecular complexity index is 611. The molecular formula is C16H18N4. The van der Waals surface area contributed by atoms with E-state index in [-0.39, 0.29) is 0 Å². The van der Waals surface area contributed by atoms with Crippen LogP contribution in [0.3, 0.4) is 0 Å². The minimum absolute atomic E-state index is 0.660. The first-order valence-electron chi connectivity index (χ1n) is 7.19. The molecule has 2 unspecified atom stereocenters. The average Bonchev–Trinajstić information content (AvgIpc) is 2.75. The van der Waals surface area contributed by atoms with E-state index in [2.05, 4.69) is 51.6 Å². The van der Waals surface area contributed by atoms with Gasteiger partial charge in [-0.3, -0.25) is 0 Å². The molecule has 102 valence electrons. The number of hydrogen-bond donors (Lipinski definition) is 1. The number of aromatic nitrogens is 2. The van der Waals surface area contributed by atoms with Crippen molar-refractivity contribution >= 4 is 5.82 Å². The summed E-state index contributed by atoms with van der Waals surface area (Å²) in [5.74, 6) is 1.80. The molecule has 0 amide bonds. The van der Waals surface area contributed by atoms with E-state index in [1.54, 1.807) is 0 Å². The second-order valence-electron chi connectivity index (χ2n) is 5.77. The highest BCUT2D eigenvalue weighted by molar-refractivity contribution is 5.63.